The van der Waals surface area contributed by atoms with Crippen LogP contribution >= 0.6 is 12.6 Å². The topological polar surface area (TPSA) is 112 Å². The molecular weight excluding hydrogens is 366 g/mol. The summed E-state index contributed by atoms with van der Waals surface area (Å²) >= 11 is 4.40. The zero-order chi connectivity index (χ0) is 19.3. The predicted octanol–water partition coefficient (Wildman–Crippen LogP) is 2.23. The standard InChI is InChI=1S/C18H19N5O3S/c1-8(2)10-6-11(15(25)7-14(10)24)16-21-22-18(27)23(16)9-3-4-12-13(5-9)20-17(26)19-12/h3-8,12-13,24-25H,1-2H3,(H,22,27)(H2,19,20,26). The van der Waals surface area contributed by atoms with Crippen LogP contribution in [0.4, 0.5) is 4.79 Å². The van der Waals surface area contributed by atoms with Gasteiger partial charge in [-0.25, -0.2) is 4.79 Å². The average molecular weight is 385 g/mol. The third-order valence-electron chi connectivity index (χ3n) is 4.72. The van der Waals surface area contributed by atoms with E-state index in [2.05, 4.69) is 33.5 Å². The van der Waals surface area contributed by atoms with E-state index in [1.807, 2.05) is 32.1 Å². The number of rotatable bonds is 3. The van der Waals surface area contributed by atoms with Crippen LogP contribution in [-0.4, -0.2) is 43.1 Å². The van der Waals surface area contributed by atoms with Gasteiger partial charge >= 0.3 is 6.03 Å². The lowest BCUT2D eigenvalue weighted by molar-refractivity contribution is 0.247. The van der Waals surface area contributed by atoms with Crippen LogP contribution in [0, 0.1) is 0 Å². The minimum atomic E-state index is -0.222. The number of allylic oxidation sites excluding steroid dienone is 2. The molecule has 9 heteroatoms. The number of benzene rings is 1. The van der Waals surface area contributed by atoms with Crippen LogP contribution in [0.5, 0.6) is 11.5 Å². The minimum absolute atomic E-state index is 0.0303. The Morgan fingerprint density at radius 2 is 1.89 bits per heavy atom. The van der Waals surface area contributed by atoms with Crippen molar-refractivity contribution in [2.75, 3.05) is 0 Å². The van der Waals surface area contributed by atoms with Crippen molar-refractivity contribution < 1.29 is 15.0 Å². The highest BCUT2D eigenvalue weighted by Crippen LogP contribution is 2.38. The van der Waals surface area contributed by atoms with Gasteiger partial charge in [-0.2, -0.15) is 0 Å². The first-order valence-electron chi connectivity index (χ1n) is 8.53. The average Bonchev–Trinajstić information content (AvgIpc) is 3.15. The van der Waals surface area contributed by atoms with Gasteiger partial charge in [0.2, 0.25) is 0 Å². The number of amides is 2. The van der Waals surface area contributed by atoms with E-state index in [0.29, 0.717) is 22.1 Å². The van der Waals surface area contributed by atoms with Crippen molar-refractivity contribution in [3.8, 4) is 22.9 Å². The fourth-order valence-electron chi connectivity index (χ4n) is 3.35. The fourth-order valence-corrected chi connectivity index (χ4v) is 3.61. The van der Waals surface area contributed by atoms with Crippen molar-refractivity contribution in [3.63, 3.8) is 0 Å². The number of nitrogens with one attached hydrogen (secondary N) is 2. The van der Waals surface area contributed by atoms with Crippen molar-refractivity contribution >= 4 is 24.4 Å². The Balaban J connectivity index is 1.82. The number of aromatic nitrogens is 3. The van der Waals surface area contributed by atoms with Crippen molar-refractivity contribution in [2.45, 2.75) is 37.0 Å². The molecule has 0 bridgehead atoms. The van der Waals surface area contributed by atoms with Gasteiger partial charge in [0, 0.05) is 11.8 Å². The van der Waals surface area contributed by atoms with Crippen LogP contribution < -0.4 is 10.6 Å². The number of carbonyl (C=O) groups excluding carboxylic acids is 1. The van der Waals surface area contributed by atoms with Gasteiger partial charge in [-0.15, -0.1) is 22.8 Å². The maximum Gasteiger partial charge on any atom is 0.315 e. The molecule has 0 radical (unpaired) electrons. The maximum atomic E-state index is 11.5. The molecule has 2 aromatic rings. The Hall–Kier alpha value is -2.94. The van der Waals surface area contributed by atoms with Gasteiger partial charge in [-0.1, -0.05) is 19.9 Å². The summed E-state index contributed by atoms with van der Waals surface area (Å²) in [7, 11) is 0. The molecule has 0 saturated carbocycles. The summed E-state index contributed by atoms with van der Waals surface area (Å²) in [5.74, 6) is 0.382. The molecule has 4 rings (SSSR count). The highest BCUT2D eigenvalue weighted by molar-refractivity contribution is 7.80. The fraction of sp³-hybridized carbons (Fsp3) is 0.278. The molecular formula is C18H19N5O3S. The lowest BCUT2D eigenvalue weighted by Gasteiger charge is -2.20. The van der Waals surface area contributed by atoms with E-state index in [-0.39, 0.29) is 35.5 Å². The van der Waals surface area contributed by atoms with Crippen LogP contribution in [0.2, 0.25) is 0 Å². The second kappa shape index (κ2) is 6.34. The van der Waals surface area contributed by atoms with Crippen molar-refractivity contribution in [2.24, 2.45) is 0 Å². The quantitative estimate of drug-likeness (QED) is 0.520. The van der Waals surface area contributed by atoms with Gasteiger partial charge in [0.1, 0.15) is 11.5 Å². The molecule has 27 heavy (non-hydrogen) atoms. The van der Waals surface area contributed by atoms with Crippen LogP contribution in [0.3, 0.4) is 0 Å². The van der Waals surface area contributed by atoms with E-state index in [1.54, 1.807) is 10.6 Å². The third-order valence-corrected chi connectivity index (χ3v) is 5.01. The van der Waals surface area contributed by atoms with Crippen molar-refractivity contribution in [1.82, 2.24) is 25.4 Å². The molecule has 1 saturated heterocycles. The van der Waals surface area contributed by atoms with Crippen LogP contribution in [0.25, 0.3) is 17.1 Å². The summed E-state index contributed by atoms with van der Waals surface area (Å²) < 4.78 is 1.69. The molecule has 8 nitrogen and oxygen atoms in total. The van der Waals surface area contributed by atoms with Gasteiger partial charge < -0.3 is 20.8 Å². The third kappa shape index (κ3) is 2.93. The van der Waals surface area contributed by atoms with Crippen molar-refractivity contribution in [1.29, 1.82) is 0 Å². The zero-order valence-corrected chi connectivity index (χ0v) is 15.6. The van der Waals surface area contributed by atoms with E-state index in [4.69, 9.17) is 0 Å². The molecule has 2 unspecified atom stereocenters. The summed E-state index contributed by atoms with van der Waals surface area (Å²) in [5, 5.41) is 34.7. The summed E-state index contributed by atoms with van der Waals surface area (Å²) in [5.41, 5.74) is 1.86. The molecule has 2 aliphatic rings. The zero-order valence-electron chi connectivity index (χ0n) is 14.7. The molecule has 4 N–H and O–H groups in total. The van der Waals surface area contributed by atoms with Gasteiger partial charge in [0.25, 0.3) is 0 Å². The highest BCUT2D eigenvalue weighted by atomic mass is 32.1. The molecule has 0 spiro atoms. The van der Waals surface area contributed by atoms with Gasteiger partial charge in [-0.3, -0.25) is 4.57 Å². The number of carbonyl (C=O) groups is 1. The van der Waals surface area contributed by atoms with Gasteiger partial charge in [-0.05, 0) is 29.7 Å². The lowest BCUT2D eigenvalue weighted by Crippen LogP contribution is -2.32. The van der Waals surface area contributed by atoms with E-state index in [9.17, 15) is 15.0 Å². The molecule has 2 atom stereocenters. The Bertz CT molecular complexity index is 995. The number of hydrogen-bond acceptors (Lipinski definition) is 6. The number of fused-ring (bicyclic) bond motifs is 1. The monoisotopic (exact) mass is 385 g/mol. The van der Waals surface area contributed by atoms with Crippen LogP contribution in [-0.2, 0) is 0 Å². The van der Waals surface area contributed by atoms with E-state index in [0.717, 1.165) is 5.70 Å². The first-order valence-corrected chi connectivity index (χ1v) is 8.98. The van der Waals surface area contributed by atoms with Crippen LogP contribution in [0.15, 0.2) is 35.5 Å². The highest BCUT2D eigenvalue weighted by Gasteiger charge is 2.31. The number of thiol groups is 1. The molecule has 1 aliphatic carbocycles. The van der Waals surface area contributed by atoms with Crippen LogP contribution in [0.1, 0.15) is 25.3 Å². The molecule has 140 valence electrons. The summed E-state index contributed by atoms with van der Waals surface area (Å²) in [4.78, 5) is 11.5. The predicted molar refractivity (Wildman–Crippen MR) is 103 cm³/mol. The Labute approximate surface area is 161 Å². The Kier molecular flexibility index (Phi) is 4.11. The first kappa shape index (κ1) is 17.5. The van der Waals surface area contributed by atoms with E-state index >= 15 is 0 Å². The molecule has 1 fully saturated rings. The summed E-state index contributed by atoms with van der Waals surface area (Å²) in [6.45, 7) is 3.90. The Morgan fingerprint density at radius 3 is 2.63 bits per heavy atom. The number of nitrogens with zero attached hydrogens (tertiary/aromatic N) is 3. The second-order valence-electron chi connectivity index (χ2n) is 6.86. The van der Waals surface area contributed by atoms with E-state index < -0.39 is 0 Å². The molecule has 1 aliphatic heterocycles. The molecule has 2 amide bonds. The van der Waals surface area contributed by atoms with Gasteiger partial charge in [0.05, 0.1) is 17.6 Å². The normalized spacial score (nSPS) is 21.0. The Morgan fingerprint density at radius 1 is 1.15 bits per heavy atom. The number of aromatic hydroxyl groups is 2. The van der Waals surface area contributed by atoms with Crippen molar-refractivity contribution in [3.05, 3.63) is 35.9 Å². The molecule has 2 heterocycles. The maximum absolute atomic E-state index is 11.5. The van der Waals surface area contributed by atoms with E-state index in [1.165, 1.54) is 6.07 Å². The second-order valence-corrected chi connectivity index (χ2v) is 7.26. The molecule has 1 aromatic heterocycles. The smallest absolute Gasteiger partial charge is 0.315 e. The largest absolute Gasteiger partial charge is 0.508 e. The minimum Gasteiger partial charge on any atom is -0.508 e. The lowest BCUT2D eigenvalue weighted by atomic mass is 9.98. The van der Waals surface area contributed by atoms with Gasteiger partial charge in [0.15, 0.2) is 11.0 Å². The number of phenols is 2. The first-order chi connectivity index (χ1) is 12.8. The summed E-state index contributed by atoms with van der Waals surface area (Å²) in [6.07, 6.45) is 5.61. The number of urea groups is 1. The SMILES string of the molecule is CC(C)c1cc(-c2nnc(S)n2C2=CC3NC(=O)NC3C=C2)c(O)cc1O. The molecule has 1 aromatic carbocycles. The summed E-state index contributed by atoms with van der Waals surface area (Å²) in [6, 6.07) is 2.49. The number of phenolic OH excluding ortho intramolecular Hbond substituents is 2. The number of hydrogen-bond donors (Lipinski definition) is 5.